The number of nitrogens with zero attached hydrogens (tertiary/aromatic N) is 1. The van der Waals surface area contributed by atoms with Crippen molar-refractivity contribution in [1.82, 2.24) is 0 Å². The lowest BCUT2D eigenvalue weighted by atomic mass is 9.98. The van der Waals surface area contributed by atoms with Crippen LogP contribution in [0.3, 0.4) is 0 Å². The van der Waals surface area contributed by atoms with Gasteiger partial charge in [0.2, 0.25) is 0 Å². The topological polar surface area (TPSA) is 58.4 Å². The fraction of sp³-hybridized carbons (Fsp3) is 0.409. The number of hydrogen-bond acceptors (Lipinski definition) is 3. The number of hydrogen-bond donors (Lipinski definition) is 2. The van der Waals surface area contributed by atoms with Crippen LogP contribution in [0.25, 0.3) is 0 Å². The van der Waals surface area contributed by atoms with Crippen LogP contribution in [0.1, 0.15) is 55.5 Å². The predicted octanol–water partition coefficient (Wildman–Crippen LogP) is 4.88. The fourth-order valence-electron chi connectivity index (χ4n) is 3.39. The molecular weight excluding hydrogens is 322 g/mol. The summed E-state index contributed by atoms with van der Waals surface area (Å²) in [7, 11) is 0. The lowest BCUT2D eigenvalue weighted by molar-refractivity contribution is 0.102. The lowest BCUT2D eigenvalue weighted by Gasteiger charge is -2.33. The smallest absolute Gasteiger partial charge is 0.255 e. The Morgan fingerprint density at radius 1 is 1.12 bits per heavy atom. The Bertz CT molecular complexity index is 759. The second-order valence-corrected chi connectivity index (χ2v) is 7.68. The maximum atomic E-state index is 12.7. The molecule has 1 heterocycles. The first-order valence-electron chi connectivity index (χ1n) is 9.50. The maximum Gasteiger partial charge on any atom is 0.255 e. The van der Waals surface area contributed by atoms with Crippen LogP contribution in [0, 0.1) is 5.92 Å². The number of benzene rings is 2. The summed E-state index contributed by atoms with van der Waals surface area (Å²) in [5.41, 5.74) is 10.4. The van der Waals surface area contributed by atoms with Crippen molar-refractivity contribution < 1.29 is 4.79 Å². The zero-order valence-electron chi connectivity index (χ0n) is 16.0. The highest BCUT2D eigenvalue weighted by Crippen LogP contribution is 2.32. The summed E-state index contributed by atoms with van der Waals surface area (Å²) in [6.07, 6.45) is 2.35. The Balaban J connectivity index is 1.80. The van der Waals surface area contributed by atoms with Gasteiger partial charge in [0.15, 0.2) is 0 Å². The van der Waals surface area contributed by atoms with Gasteiger partial charge in [-0.3, -0.25) is 4.79 Å². The minimum absolute atomic E-state index is 0.0995. The molecule has 0 aliphatic carbocycles. The van der Waals surface area contributed by atoms with E-state index >= 15 is 0 Å². The van der Waals surface area contributed by atoms with Gasteiger partial charge in [-0.05, 0) is 60.6 Å². The van der Waals surface area contributed by atoms with Gasteiger partial charge < -0.3 is 16.0 Å². The highest BCUT2D eigenvalue weighted by Gasteiger charge is 2.19. The van der Waals surface area contributed by atoms with E-state index < -0.39 is 0 Å². The van der Waals surface area contributed by atoms with Gasteiger partial charge in [0.1, 0.15) is 0 Å². The van der Waals surface area contributed by atoms with E-state index in [4.69, 9.17) is 5.73 Å². The number of nitrogens with one attached hydrogen (secondary N) is 1. The molecule has 1 fully saturated rings. The fourth-order valence-corrected chi connectivity index (χ4v) is 3.39. The number of nitrogen functional groups attached to an aromatic ring is 1. The van der Waals surface area contributed by atoms with Crippen molar-refractivity contribution in [3.05, 3.63) is 53.6 Å². The molecule has 4 heteroatoms. The van der Waals surface area contributed by atoms with E-state index in [1.165, 1.54) is 18.4 Å². The first kappa shape index (κ1) is 18.3. The first-order valence-corrected chi connectivity index (χ1v) is 9.50. The van der Waals surface area contributed by atoms with Gasteiger partial charge in [0.05, 0.1) is 11.4 Å². The average Bonchev–Trinajstić information content (AvgIpc) is 2.63. The molecular formula is C22H29N3O. The predicted molar refractivity (Wildman–Crippen MR) is 110 cm³/mol. The molecule has 3 rings (SSSR count). The number of carbonyl (C=O) groups excluding carboxylic acids is 1. The normalized spacial score (nSPS) is 15.3. The van der Waals surface area contributed by atoms with E-state index in [0.717, 1.165) is 30.4 Å². The summed E-state index contributed by atoms with van der Waals surface area (Å²) < 4.78 is 0. The van der Waals surface area contributed by atoms with Gasteiger partial charge in [-0.1, -0.05) is 32.9 Å². The summed E-state index contributed by atoms with van der Waals surface area (Å²) in [5, 5.41) is 3.06. The van der Waals surface area contributed by atoms with Crippen LogP contribution in [-0.4, -0.2) is 19.0 Å². The molecule has 3 N–H and O–H groups in total. The highest BCUT2D eigenvalue weighted by atomic mass is 16.1. The number of rotatable bonds is 4. The Morgan fingerprint density at radius 3 is 2.38 bits per heavy atom. The summed E-state index contributed by atoms with van der Waals surface area (Å²) in [5.74, 6) is 1.12. The molecule has 2 aromatic carbocycles. The molecule has 4 nitrogen and oxygen atoms in total. The molecule has 1 aliphatic rings. The molecule has 1 aliphatic heterocycles. The highest BCUT2D eigenvalue weighted by molar-refractivity contribution is 6.06. The summed E-state index contributed by atoms with van der Waals surface area (Å²) >= 11 is 0. The molecule has 2 aromatic rings. The minimum atomic E-state index is -0.0995. The third-order valence-electron chi connectivity index (χ3n) is 5.23. The Morgan fingerprint density at radius 2 is 1.77 bits per heavy atom. The summed E-state index contributed by atoms with van der Waals surface area (Å²) in [6.45, 7) is 8.61. The van der Waals surface area contributed by atoms with Crippen LogP contribution < -0.4 is 16.0 Å². The Labute approximate surface area is 156 Å². The van der Waals surface area contributed by atoms with Crippen molar-refractivity contribution in [3.63, 3.8) is 0 Å². The molecule has 138 valence electrons. The van der Waals surface area contributed by atoms with Crippen LogP contribution in [0.2, 0.25) is 0 Å². The Kier molecular flexibility index (Phi) is 5.50. The van der Waals surface area contributed by atoms with Crippen LogP contribution in [0.15, 0.2) is 42.5 Å². The summed E-state index contributed by atoms with van der Waals surface area (Å²) in [4.78, 5) is 15.1. The van der Waals surface area contributed by atoms with Crippen molar-refractivity contribution in [2.45, 2.75) is 39.5 Å². The van der Waals surface area contributed by atoms with Crippen LogP contribution >= 0.6 is 0 Å². The van der Waals surface area contributed by atoms with Crippen molar-refractivity contribution >= 4 is 23.0 Å². The molecule has 0 saturated carbocycles. The molecule has 0 aromatic heterocycles. The van der Waals surface area contributed by atoms with Crippen LogP contribution in [0.5, 0.6) is 0 Å². The third kappa shape index (κ3) is 4.18. The number of anilines is 3. The number of nitrogens with two attached hydrogens (primary N) is 1. The number of amides is 1. The largest absolute Gasteiger partial charge is 0.399 e. The molecule has 1 saturated heterocycles. The molecule has 0 unspecified atom stereocenters. The van der Waals surface area contributed by atoms with Crippen molar-refractivity contribution in [3.8, 4) is 0 Å². The second-order valence-electron chi connectivity index (χ2n) is 7.68. The van der Waals surface area contributed by atoms with Gasteiger partial charge in [-0.15, -0.1) is 0 Å². The standard InChI is InChI=1S/C22H29N3O/c1-15(2)17-4-6-18(7-5-17)22(26)24-20-14-19(23)8-9-21(20)25-12-10-16(3)11-13-25/h4-9,14-16H,10-13,23H2,1-3H3,(H,24,26). The minimum Gasteiger partial charge on any atom is -0.399 e. The van der Waals surface area contributed by atoms with Crippen LogP contribution in [0.4, 0.5) is 17.1 Å². The third-order valence-corrected chi connectivity index (χ3v) is 5.23. The molecule has 0 spiro atoms. The molecule has 0 atom stereocenters. The quantitative estimate of drug-likeness (QED) is 0.772. The van der Waals surface area contributed by atoms with Crippen molar-refractivity contribution in [2.75, 3.05) is 29.0 Å². The Hall–Kier alpha value is -2.49. The average molecular weight is 351 g/mol. The molecule has 1 amide bonds. The van der Waals surface area contributed by atoms with Gasteiger partial charge in [0, 0.05) is 24.3 Å². The SMILES string of the molecule is CC1CCN(c2ccc(N)cc2NC(=O)c2ccc(C(C)C)cc2)CC1. The number of piperidine rings is 1. The van der Waals surface area contributed by atoms with E-state index in [2.05, 4.69) is 31.0 Å². The van der Waals surface area contributed by atoms with Crippen LogP contribution in [-0.2, 0) is 0 Å². The second kappa shape index (κ2) is 7.81. The first-order chi connectivity index (χ1) is 12.4. The van der Waals surface area contributed by atoms with E-state index in [1.54, 1.807) is 0 Å². The van der Waals surface area contributed by atoms with Gasteiger partial charge in [0.25, 0.3) is 5.91 Å². The molecule has 0 radical (unpaired) electrons. The van der Waals surface area contributed by atoms with Crippen molar-refractivity contribution in [1.29, 1.82) is 0 Å². The van der Waals surface area contributed by atoms with Gasteiger partial charge in [-0.2, -0.15) is 0 Å². The van der Waals surface area contributed by atoms with Gasteiger partial charge in [-0.25, -0.2) is 0 Å². The van der Waals surface area contributed by atoms with E-state index in [1.807, 2.05) is 42.5 Å². The summed E-state index contributed by atoms with van der Waals surface area (Å²) in [6, 6.07) is 13.6. The monoisotopic (exact) mass is 351 g/mol. The number of carbonyl (C=O) groups is 1. The maximum absolute atomic E-state index is 12.7. The van der Waals surface area contributed by atoms with Gasteiger partial charge >= 0.3 is 0 Å². The molecule has 26 heavy (non-hydrogen) atoms. The lowest BCUT2D eigenvalue weighted by Crippen LogP contribution is -2.33. The van der Waals surface area contributed by atoms with E-state index in [0.29, 0.717) is 17.2 Å². The van der Waals surface area contributed by atoms with Crippen molar-refractivity contribution in [2.24, 2.45) is 5.92 Å². The zero-order chi connectivity index (χ0) is 18.7. The van der Waals surface area contributed by atoms with E-state index in [9.17, 15) is 4.79 Å². The molecule has 0 bridgehead atoms. The van der Waals surface area contributed by atoms with E-state index in [-0.39, 0.29) is 5.91 Å². The zero-order valence-corrected chi connectivity index (χ0v) is 16.0.